The molecule has 7 nitrogen and oxygen atoms in total. The number of ketones is 1. The van der Waals surface area contributed by atoms with Crippen LogP contribution in [0.3, 0.4) is 0 Å². The Morgan fingerprint density at radius 1 is 1.36 bits per heavy atom. The monoisotopic (exact) mass is 424 g/mol. The first-order chi connectivity index (χ1) is 11.4. The van der Waals surface area contributed by atoms with Gasteiger partial charge in [-0.1, -0.05) is 17.7 Å². The Balaban J connectivity index is 2.63. The van der Waals surface area contributed by atoms with Gasteiger partial charge in [0.25, 0.3) is 15.7 Å². The first kappa shape index (κ1) is 19.8. The van der Waals surface area contributed by atoms with Crippen LogP contribution in [0.2, 0.25) is 0 Å². The second-order valence-corrected chi connectivity index (χ2v) is 8.62. The lowest BCUT2D eigenvalue weighted by atomic mass is 9.87. The number of carbonyl (C=O) groups excluding carboxylic acids is 1. The molecule has 25 heavy (non-hydrogen) atoms. The number of non-ortho nitro benzene ring substituents is 1. The molecule has 0 radical (unpaired) electrons. The van der Waals surface area contributed by atoms with Crippen LogP contribution in [0.1, 0.15) is 13.8 Å². The number of benzene rings is 1. The lowest BCUT2D eigenvalue weighted by molar-refractivity contribution is -0.385. The summed E-state index contributed by atoms with van der Waals surface area (Å²) in [4.78, 5) is 20.1. The van der Waals surface area contributed by atoms with Gasteiger partial charge in [0.05, 0.1) is 20.6 Å². The van der Waals surface area contributed by atoms with Crippen LogP contribution in [-0.4, -0.2) is 35.1 Å². The number of carbonyl (C=O) groups is 1. The summed E-state index contributed by atoms with van der Waals surface area (Å²) in [6.07, 6.45) is 0. The highest BCUT2D eigenvalue weighted by molar-refractivity contribution is 7.90. The maximum Gasteiger partial charge on any atom is 0.282 e. The summed E-state index contributed by atoms with van der Waals surface area (Å²) in [6, 6.07) is 4.39. The molecule has 0 amide bonds. The van der Waals surface area contributed by atoms with Crippen molar-refractivity contribution in [1.29, 1.82) is 0 Å². The molecule has 0 aliphatic heterocycles. The first-order valence-corrected chi connectivity index (χ1v) is 9.36. The number of nitrogens with zero attached hydrogens (tertiary/aromatic N) is 2. The van der Waals surface area contributed by atoms with Gasteiger partial charge in [0.2, 0.25) is 0 Å². The summed E-state index contributed by atoms with van der Waals surface area (Å²) in [7, 11) is -4.34. The van der Waals surface area contributed by atoms with Crippen molar-refractivity contribution in [2.45, 2.75) is 29.0 Å². The summed E-state index contributed by atoms with van der Waals surface area (Å²) >= 11 is 18.2. The number of hydrogen-bond acceptors (Lipinski definition) is 5. The minimum absolute atomic E-state index is 0.0822. The van der Waals surface area contributed by atoms with Crippen molar-refractivity contribution in [2.24, 2.45) is 4.40 Å². The van der Waals surface area contributed by atoms with E-state index in [4.69, 9.17) is 34.8 Å². The fourth-order valence-corrected chi connectivity index (χ4v) is 4.15. The highest BCUT2D eigenvalue weighted by Crippen LogP contribution is 2.38. The van der Waals surface area contributed by atoms with Crippen LogP contribution in [0, 0.1) is 10.1 Å². The standard InChI is InChI=1S/C14H11Cl3N2O5S/c1-7-10(15)13(20)14(2,17)12(16)11(7)18-25(23,24)9-5-3-4-8(6-9)19(21)22/h3-6,12H,1-2H3/t12-,14-/m1/s1. The summed E-state index contributed by atoms with van der Waals surface area (Å²) in [5.74, 6) is -0.639. The molecule has 0 saturated heterocycles. The van der Waals surface area contributed by atoms with Gasteiger partial charge in [0.15, 0.2) is 5.78 Å². The average molecular weight is 426 g/mol. The Kier molecular flexibility index (Phi) is 5.30. The molecule has 0 unspecified atom stereocenters. The molecule has 2 rings (SSSR count). The van der Waals surface area contributed by atoms with Crippen molar-refractivity contribution < 1.29 is 18.1 Å². The van der Waals surface area contributed by atoms with E-state index in [1.54, 1.807) is 0 Å². The molecule has 11 heteroatoms. The molecule has 1 aromatic carbocycles. The van der Waals surface area contributed by atoms with Gasteiger partial charge in [0, 0.05) is 12.1 Å². The normalized spacial score (nSPS) is 26.2. The van der Waals surface area contributed by atoms with Gasteiger partial charge in [-0.3, -0.25) is 14.9 Å². The molecule has 0 N–H and O–H groups in total. The van der Waals surface area contributed by atoms with Crippen molar-refractivity contribution in [3.05, 3.63) is 45.0 Å². The van der Waals surface area contributed by atoms with E-state index in [1.807, 2.05) is 0 Å². The van der Waals surface area contributed by atoms with Gasteiger partial charge in [-0.25, -0.2) is 0 Å². The van der Waals surface area contributed by atoms with Crippen LogP contribution in [0.25, 0.3) is 0 Å². The Labute approximate surface area is 158 Å². The third-order valence-electron chi connectivity index (χ3n) is 3.62. The number of nitro groups is 1. The minimum Gasteiger partial charge on any atom is -0.291 e. The van der Waals surface area contributed by atoms with Crippen LogP contribution in [0.4, 0.5) is 5.69 Å². The quantitative estimate of drug-likeness (QED) is 0.419. The highest BCUT2D eigenvalue weighted by Gasteiger charge is 2.48. The number of nitro benzene ring substituents is 1. The lowest BCUT2D eigenvalue weighted by Crippen LogP contribution is -2.48. The average Bonchev–Trinajstić information content (AvgIpc) is 2.56. The first-order valence-electron chi connectivity index (χ1n) is 6.73. The van der Waals surface area contributed by atoms with Crippen LogP contribution < -0.4 is 0 Å². The number of halogens is 3. The number of rotatable bonds is 3. The van der Waals surface area contributed by atoms with Crippen molar-refractivity contribution >= 4 is 62.0 Å². The number of alkyl halides is 2. The zero-order chi connectivity index (χ0) is 19.2. The Bertz CT molecular complexity index is 938. The molecule has 1 aliphatic carbocycles. The van der Waals surface area contributed by atoms with Crippen molar-refractivity contribution in [1.82, 2.24) is 0 Å². The van der Waals surface area contributed by atoms with Crippen LogP contribution in [-0.2, 0) is 14.8 Å². The summed E-state index contributed by atoms with van der Waals surface area (Å²) in [5.41, 5.74) is -0.510. The molecule has 134 valence electrons. The van der Waals surface area contributed by atoms with Gasteiger partial charge >= 0.3 is 0 Å². The van der Waals surface area contributed by atoms with E-state index in [9.17, 15) is 23.3 Å². The summed E-state index contributed by atoms with van der Waals surface area (Å²) in [5, 5.41) is 9.30. The number of hydrogen-bond donors (Lipinski definition) is 0. The molecule has 0 spiro atoms. The summed E-state index contributed by atoms with van der Waals surface area (Å²) in [6.45, 7) is 2.70. The van der Waals surface area contributed by atoms with Crippen molar-refractivity contribution in [3.63, 3.8) is 0 Å². The third-order valence-corrected chi connectivity index (χ3v) is 6.50. The van der Waals surface area contributed by atoms with E-state index in [1.165, 1.54) is 19.9 Å². The molecule has 0 aromatic heterocycles. The molecule has 1 aliphatic rings. The van der Waals surface area contributed by atoms with Crippen LogP contribution >= 0.6 is 34.8 Å². The van der Waals surface area contributed by atoms with E-state index in [-0.39, 0.29) is 16.3 Å². The molecular formula is C14H11Cl3N2O5S. The van der Waals surface area contributed by atoms with Gasteiger partial charge in [-0.05, 0) is 25.5 Å². The zero-order valence-corrected chi connectivity index (χ0v) is 15.9. The fourth-order valence-electron chi connectivity index (χ4n) is 2.11. The van der Waals surface area contributed by atoms with Gasteiger partial charge in [-0.15, -0.1) is 23.2 Å². The van der Waals surface area contributed by atoms with E-state index in [2.05, 4.69) is 4.40 Å². The van der Waals surface area contributed by atoms with E-state index < -0.39 is 41.6 Å². The van der Waals surface area contributed by atoms with Crippen LogP contribution in [0.5, 0.6) is 0 Å². The minimum atomic E-state index is -4.34. The third kappa shape index (κ3) is 3.57. The van der Waals surface area contributed by atoms with E-state index in [0.29, 0.717) is 0 Å². The number of sulfonamides is 1. The largest absolute Gasteiger partial charge is 0.291 e. The molecule has 1 aromatic rings. The lowest BCUT2D eigenvalue weighted by Gasteiger charge is -2.32. The van der Waals surface area contributed by atoms with Gasteiger partial charge < -0.3 is 0 Å². The SMILES string of the molecule is CC1=C(Cl)C(=O)[C@](C)(Cl)[C@H](Cl)C1=NS(=O)(=O)c1cccc([N+](=O)[O-])c1. The number of Topliss-reactive ketones (excluding diaryl/α,β-unsaturated/α-hetero) is 1. The van der Waals surface area contributed by atoms with Crippen LogP contribution in [0.15, 0.2) is 44.2 Å². The maximum absolute atomic E-state index is 12.5. The number of allylic oxidation sites excluding steroid dienone is 2. The van der Waals surface area contributed by atoms with Crippen molar-refractivity contribution in [3.8, 4) is 0 Å². The Hall–Kier alpha value is -1.48. The molecule has 2 atom stereocenters. The maximum atomic E-state index is 12.5. The molecular weight excluding hydrogens is 415 g/mol. The molecule has 0 heterocycles. The smallest absolute Gasteiger partial charge is 0.282 e. The molecule has 0 saturated carbocycles. The predicted molar refractivity (Wildman–Crippen MR) is 95.2 cm³/mol. The second kappa shape index (κ2) is 6.68. The topological polar surface area (TPSA) is 107 Å². The molecule has 0 fully saturated rings. The van der Waals surface area contributed by atoms with E-state index in [0.717, 1.165) is 18.2 Å². The van der Waals surface area contributed by atoms with E-state index >= 15 is 0 Å². The van der Waals surface area contributed by atoms with Crippen molar-refractivity contribution in [2.75, 3.05) is 0 Å². The Morgan fingerprint density at radius 3 is 2.52 bits per heavy atom. The highest BCUT2D eigenvalue weighted by atomic mass is 35.5. The zero-order valence-electron chi connectivity index (χ0n) is 12.9. The molecule has 0 bridgehead atoms. The van der Waals surface area contributed by atoms with Gasteiger partial charge in [-0.2, -0.15) is 12.8 Å². The Morgan fingerprint density at radius 2 is 1.96 bits per heavy atom. The fraction of sp³-hybridized carbons (Fsp3) is 0.286. The predicted octanol–water partition coefficient (Wildman–Crippen LogP) is 3.42. The second-order valence-electron chi connectivity index (χ2n) is 5.41. The summed E-state index contributed by atoms with van der Waals surface area (Å²) < 4.78 is 28.6. The van der Waals surface area contributed by atoms with Gasteiger partial charge in [0.1, 0.15) is 10.3 Å².